The number of furan rings is 1. The quantitative estimate of drug-likeness (QED) is 0.708. The molecule has 140 valence electrons. The Morgan fingerprint density at radius 2 is 1.85 bits per heavy atom. The van der Waals surface area contributed by atoms with Crippen molar-refractivity contribution in [1.29, 1.82) is 0 Å². The normalized spacial score (nSPS) is 15.4. The first-order chi connectivity index (χ1) is 13.0. The number of carbonyl (C=O) groups is 1. The topological polar surface area (TPSA) is 49.6 Å². The van der Waals surface area contributed by atoms with Crippen LogP contribution in [0.4, 0.5) is 0 Å². The van der Waals surface area contributed by atoms with E-state index in [1.165, 1.54) is 0 Å². The highest BCUT2D eigenvalue weighted by Crippen LogP contribution is 2.28. The summed E-state index contributed by atoms with van der Waals surface area (Å²) in [5, 5.41) is 0.907. The molecular weight excluding hydrogens is 338 g/mol. The molecule has 0 radical (unpaired) electrons. The zero-order valence-electron chi connectivity index (χ0n) is 16.2. The second kappa shape index (κ2) is 7.16. The van der Waals surface area contributed by atoms with Crippen LogP contribution in [-0.2, 0) is 0 Å². The number of fused-ring (bicyclic) bond motifs is 1. The van der Waals surface area contributed by atoms with E-state index in [0.29, 0.717) is 17.0 Å². The number of likely N-dealkylation sites (N-methyl/N-ethyl adjacent to an activating group) is 1. The maximum Gasteiger partial charge on any atom is 0.254 e. The number of aromatic nitrogens is 1. The van der Waals surface area contributed by atoms with Gasteiger partial charge in [0.1, 0.15) is 11.5 Å². The van der Waals surface area contributed by atoms with Crippen molar-refractivity contribution in [2.45, 2.75) is 20.8 Å². The first kappa shape index (κ1) is 17.7. The van der Waals surface area contributed by atoms with Crippen LogP contribution in [0.2, 0.25) is 0 Å². The van der Waals surface area contributed by atoms with Crippen molar-refractivity contribution >= 4 is 16.8 Å². The van der Waals surface area contributed by atoms with Crippen molar-refractivity contribution < 1.29 is 9.21 Å². The van der Waals surface area contributed by atoms with E-state index in [1.807, 2.05) is 49.1 Å². The Hall–Kier alpha value is -2.66. The molecule has 3 aromatic rings. The number of carbonyl (C=O) groups excluding carboxylic acids is 1. The molecule has 27 heavy (non-hydrogen) atoms. The van der Waals surface area contributed by atoms with Crippen LogP contribution in [0.5, 0.6) is 0 Å². The molecule has 0 N–H and O–H groups in total. The lowest BCUT2D eigenvalue weighted by Gasteiger charge is -2.34. The van der Waals surface area contributed by atoms with Gasteiger partial charge in [0.15, 0.2) is 5.76 Å². The Morgan fingerprint density at radius 1 is 1.07 bits per heavy atom. The molecule has 5 nitrogen and oxygen atoms in total. The van der Waals surface area contributed by atoms with Crippen LogP contribution in [0.25, 0.3) is 22.4 Å². The molecule has 2 aromatic heterocycles. The van der Waals surface area contributed by atoms with E-state index in [1.54, 1.807) is 0 Å². The molecule has 0 atom stereocenters. The van der Waals surface area contributed by atoms with Crippen LogP contribution in [0.15, 0.2) is 40.8 Å². The van der Waals surface area contributed by atoms with Gasteiger partial charge < -0.3 is 14.2 Å². The minimum Gasteiger partial charge on any atom is -0.460 e. The summed E-state index contributed by atoms with van der Waals surface area (Å²) >= 11 is 0. The summed E-state index contributed by atoms with van der Waals surface area (Å²) in [7, 11) is 0. The fourth-order valence-electron chi connectivity index (χ4n) is 3.65. The highest BCUT2D eigenvalue weighted by Gasteiger charge is 2.24. The Morgan fingerprint density at radius 3 is 2.52 bits per heavy atom. The monoisotopic (exact) mass is 363 g/mol. The molecule has 4 rings (SSSR count). The highest BCUT2D eigenvalue weighted by molar-refractivity contribution is 6.07. The van der Waals surface area contributed by atoms with E-state index in [0.717, 1.165) is 55.0 Å². The van der Waals surface area contributed by atoms with Crippen molar-refractivity contribution in [3.63, 3.8) is 0 Å². The first-order valence-corrected chi connectivity index (χ1v) is 9.55. The Labute approximate surface area is 159 Å². The number of hydrogen-bond donors (Lipinski definition) is 0. The molecule has 0 spiro atoms. The van der Waals surface area contributed by atoms with E-state index in [4.69, 9.17) is 9.40 Å². The lowest BCUT2D eigenvalue weighted by atomic mass is 10.0. The van der Waals surface area contributed by atoms with Gasteiger partial charge in [-0.1, -0.05) is 18.6 Å². The van der Waals surface area contributed by atoms with Crippen molar-refractivity contribution in [2.24, 2.45) is 0 Å². The van der Waals surface area contributed by atoms with E-state index in [2.05, 4.69) is 17.9 Å². The molecule has 1 aliphatic rings. The summed E-state index contributed by atoms with van der Waals surface area (Å²) < 4.78 is 5.76. The number of amides is 1. The predicted molar refractivity (Wildman–Crippen MR) is 107 cm³/mol. The molecule has 5 heteroatoms. The number of piperazine rings is 1. The molecule has 3 heterocycles. The van der Waals surface area contributed by atoms with Gasteiger partial charge in [0.2, 0.25) is 0 Å². The smallest absolute Gasteiger partial charge is 0.254 e. The number of nitrogens with zero attached hydrogens (tertiary/aromatic N) is 3. The lowest BCUT2D eigenvalue weighted by molar-refractivity contribution is 0.0645. The van der Waals surface area contributed by atoms with Gasteiger partial charge in [0.05, 0.1) is 11.1 Å². The van der Waals surface area contributed by atoms with Gasteiger partial charge >= 0.3 is 0 Å². The average molecular weight is 363 g/mol. The number of aryl methyl sites for hydroxylation is 2. The van der Waals surface area contributed by atoms with E-state index in [9.17, 15) is 4.79 Å². The van der Waals surface area contributed by atoms with Crippen molar-refractivity contribution in [3.05, 3.63) is 53.3 Å². The molecule has 1 fully saturated rings. The van der Waals surface area contributed by atoms with Crippen molar-refractivity contribution in [3.8, 4) is 11.5 Å². The highest BCUT2D eigenvalue weighted by atomic mass is 16.3. The minimum atomic E-state index is 0.0771. The summed E-state index contributed by atoms with van der Waals surface area (Å²) in [6.45, 7) is 10.5. The van der Waals surface area contributed by atoms with Crippen molar-refractivity contribution in [1.82, 2.24) is 14.8 Å². The summed E-state index contributed by atoms with van der Waals surface area (Å²) in [6.07, 6.45) is 0. The third kappa shape index (κ3) is 3.47. The van der Waals surface area contributed by atoms with Crippen LogP contribution in [-0.4, -0.2) is 53.4 Å². The summed E-state index contributed by atoms with van der Waals surface area (Å²) in [5.41, 5.74) is 3.35. The minimum absolute atomic E-state index is 0.0771. The Balaban J connectivity index is 1.77. The number of pyridine rings is 1. The van der Waals surface area contributed by atoms with Crippen LogP contribution in [0.1, 0.15) is 28.6 Å². The van der Waals surface area contributed by atoms with E-state index < -0.39 is 0 Å². The standard InChI is InChI=1S/C22H25N3O2/c1-4-24-9-11-25(12-10-24)22(26)18-14-20(21-8-6-16(3)27-21)23-19-7-5-15(2)13-17(18)19/h5-8,13-14H,4,9-12H2,1-3H3. The zero-order valence-corrected chi connectivity index (χ0v) is 16.2. The second-order valence-electron chi connectivity index (χ2n) is 7.21. The van der Waals surface area contributed by atoms with Gasteiger partial charge in [-0.25, -0.2) is 4.98 Å². The molecule has 0 unspecified atom stereocenters. The third-order valence-corrected chi connectivity index (χ3v) is 5.29. The van der Waals surface area contributed by atoms with Crippen LogP contribution < -0.4 is 0 Å². The molecule has 1 aromatic carbocycles. The third-order valence-electron chi connectivity index (χ3n) is 5.29. The van der Waals surface area contributed by atoms with Crippen molar-refractivity contribution in [2.75, 3.05) is 32.7 Å². The number of benzene rings is 1. The molecule has 0 aliphatic carbocycles. The fourth-order valence-corrected chi connectivity index (χ4v) is 3.65. The van der Waals surface area contributed by atoms with Gasteiger partial charge in [-0.3, -0.25) is 4.79 Å². The summed E-state index contributed by atoms with van der Waals surface area (Å²) in [4.78, 5) is 22.4. The molecule has 1 aliphatic heterocycles. The maximum atomic E-state index is 13.4. The summed E-state index contributed by atoms with van der Waals surface area (Å²) in [6, 6.07) is 11.8. The number of hydrogen-bond acceptors (Lipinski definition) is 4. The maximum absolute atomic E-state index is 13.4. The molecule has 1 saturated heterocycles. The Bertz CT molecular complexity index is 984. The zero-order chi connectivity index (χ0) is 19.0. The van der Waals surface area contributed by atoms with Gasteiger partial charge in [0, 0.05) is 31.6 Å². The van der Waals surface area contributed by atoms with Gasteiger partial charge in [0.25, 0.3) is 5.91 Å². The Kier molecular flexibility index (Phi) is 4.70. The number of rotatable bonds is 3. The van der Waals surface area contributed by atoms with Crippen LogP contribution in [0.3, 0.4) is 0 Å². The fraction of sp³-hybridized carbons (Fsp3) is 0.364. The van der Waals surface area contributed by atoms with Crippen LogP contribution >= 0.6 is 0 Å². The van der Waals surface area contributed by atoms with Gasteiger partial charge in [-0.15, -0.1) is 0 Å². The molecular formula is C22H25N3O2. The molecule has 0 bridgehead atoms. The average Bonchev–Trinajstić information content (AvgIpc) is 3.13. The largest absolute Gasteiger partial charge is 0.460 e. The molecule has 1 amide bonds. The van der Waals surface area contributed by atoms with Gasteiger partial charge in [-0.05, 0) is 50.7 Å². The lowest BCUT2D eigenvalue weighted by Crippen LogP contribution is -2.48. The van der Waals surface area contributed by atoms with E-state index in [-0.39, 0.29) is 5.91 Å². The van der Waals surface area contributed by atoms with Crippen LogP contribution in [0, 0.1) is 13.8 Å². The second-order valence-corrected chi connectivity index (χ2v) is 7.21. The van der Waals surface area contributed by atoms with E-state index >= 15 is 0 Å². The predicted octanol–water partition coefficient (Wildman–Crippen LogP) is 3.89. The van der Waals surface area contributed by atoms with Gasteiger partial charge in [-0.2, -0.15) is 0 Å². The summed E-state index contributed by atoms with van der Waals surface area (Å²) in [5.74, 6) is 1.60. The first-order valence-electron chi connectivity index (χ1n) is 9.55. The SMILES string of the molecule is CCN1CCN(C(=O)c2cc(-c3ccc(C)o3)nc3ccc(C)cc23)CC1. The molecule has 0 saturated carbocycles.